The maximum absolute atomic E-state index is 11.8. The summed E-state index contributed by atoms with van der Waals surface area (Å²) in [4.78, 5) is 21.7. The summed E-state index contributed by atoms with van der Waals surface area (Å²) >= 11 is 0. The van der Waals surface area contributed by atoms with Crippen molar-refractivity contribution in [3.8, 4) is 0 Å². The van der Waals surface area contributed by atoms with Crippen molar-refractivity contribution >= 4 is 48.4 Å². The molecule has 2 aromatic rings. The number of anilines is 1. The number of hydrogen-bond acceptors (Lipinski definition) is 6. The van der Waals surface area contributed by atoms with Gasteiger partial charge in [0.05, 0.1) is 16.2 Å². The Hall–Kier alpha value is -2.34. The first kappa shape index (κ1) is 19.0. The molecule has 0 atom stereocenters. The molecule has 0 saturated heterocycles. The third kappa shape index (κ3) is 4.60. The lowest BCUT2D eigenvalue weighted by molar-refractivity contribution is -0.124. The van der Waals surface area contributed by atoms with E-state index in [2.05, 4.69) is 5.32 Å². The first-order valence-corrected chi connectivity index (χ1v) is 9.58. The van der Waals surface area contributed by atoms with Crippen LogP contribution in [-0.4, -0.2) is 37.6 Å². The topological polar surface area (TPSA) is 155 Å². The Morgan fingerprint density at radius 3 is 2.04 bits per heavy atom. The molecule has 0 aromatic heterocycles. The van der Waals surface area contributed by atoms with E-state index in [9.17, 15) is 31.0 Å². The molecule has 0 fully saturated rings. The Morgan fingerprint density at radius 2 is 1.52 bits per heavy atom. The van der Waals surface area contributed by atoms with E-state index in [0.717, 1.165) is 24.3 Å². The summed E-state index contributed by atoms with van der Waals surface area (Å²) < 4.78 is 63.5. The van der Waals surface area contributed by atoms with E-state index in [1.165, 1.54) is 13.0 Å². The number of ketones is 1. The Kier molecular flexibility index (Phi) is 4.95. The van der Waals surface area contributed by atoms with Gasteiger partial charge in [-0.3, -0.25) is 18.7 Å². The summed E-state index contributed by atoms with van der Waals surface area (Å²) in [5.74, 6) is -1.12. The number of amides is 1. The van der Waals surface area contributed by atoms with Gasteiger partial charge in [0.15, 0.2) is 0 Å². The van der Waals surface area contributed by atoms with Crippen molar-refractivity contribution in [2.24, 2.45) is 0 Å². The highest BCUT2D eigenvalue weighted by atomic mass is 32.2. The molecular formula is C14H13NO8S2. The van der Waals surface area contributed by atoms with Crippen LogP contribution in [0.2, 0.25) is 0 Å². The van der Waals surface area contributed by atoms with Crippen LogP contribution in [0.1, 0.15) is 13.3 Å². The van der Waals surface area contributed by atoms with Gasteiger partial charge < -0.3 is 5.32 Å². The summed E-state index contributed by atoms with van der Waals surface area (Å²) in [5, 5.41) is 2.62. The molecule has 25 heavy (non-hydrogen) atoms. The summed E-state index contributed by atoms with van der Waals surface area (Å²) in [7, 11) is -9.19. The molecule has 11 heteroatoms. The van der Waals surface area contributed by atoms with Crippen LogP contribution in [0.4, 0.5) is 5.69 Å². The van der Waals surface area contributed by atoms with Crippen molar-refractivity contribution in [3.05, 3.63) is 30.3 Å². The number of hydrogen-bond donors (Lipinski definition) is 3. The lowest BCUT2D eigenvalue weighted by Gasteiger charge is -2.11. The highest BCUT2D eigenvalue weighted by Gasteiger charge is 2.18. The maximum atomic E-state index is 11.8. The van der Waals surface area contributed by atoms with E-state index in [0.29, 0.717) is 0 Å². The molecule has 9 nitrogen and oxygen atoms in total. The monoisotopic (exact) mass is 387 g/mol. The van der Waals surface area contributed by atoms with Crippen molar-refractivity contribution in [2.45, 2.75) is 23.1 Å². The van der Waals surface area contributed by atoms with Gasteiger partial charge in [-0.05, 0) is 36.6 Å². The van der Waals surface area contributed by atoms with Crippen LogP contribution in [-0.2, 0) is 29.8 Å². The Bertz CT molecular complexity index is 1080. The minimum Gasteiger partial charge on any atom is -0.325 e. The first-order valence-electron chi connectivity index (χ1n) is 6.70. The number of carbonyl (C=O) groups is 2. The average molecular weight is 387 g/mol. The first-order chi connectivity index (χ1) is 11.4. The fraction of sp³-hybridized carbons (Fsp3) is 0.143. The molecule has 0 unspecified atom stereocenters. The van der Waals surface area contributed by atoms with Crippen LogP contribution in [0.25, 0.3) is 10.8 Å². The van der Waals surface area contributed by atoms with Crippen molar-refractivity contribution in [1.29, 1.82) is 0 Å². The second kappa shape index (κ2) is 6.52. The average Bonchev–Trinajstić information content (AvgIpc) is 2.43. The molecule has 1 amide bonds. The van der Waals surface area contributed by atoms with Crippen LogP contribution in [0.5, 0.6) is 0 Å². The Labute approximate surface area is 143 Å². The quantitative estimate of drug-likeness (QED) is 0.511. The highest BCUT2D eigenvalue weighted by Crippen LogP contribution is 2.30. The van der Waals surface area contributed by atoms with Gasteiger partial charge in [0, 0.05) is 11.1 Å². The highest BCUT2D eigenvalue weighted by molar-refractivity contribution is 7.86. The van der Waals surface area contributed by atoms with Crippen LogP contribution in [0, 0.1) is 0 Å². The van der Waals surface area contributed by atoms with Crippen LogP contribution < -0.4 is 5.32 Å². The predicted molar refractivity (Wildman–Crippen MR) is 87.5 cm³/mol. The molecule has 0 aliphatic rings. The molecule has 0 aliphatic carbocycles. The number of nitrogens with one attached hydrogen (secondary N) is 1. The third-order valence-corrected chi connectivity index (χ3v) is 4.86. The molecule has 0 heterocycles. The van der Waals surface area contributed by atoms with Gasteiger partial charge >= 0.3 is 0 Å². The standard InChI is InChI=1S/C14H13NO8S2/c1-8(16)4-14(17)15-13-7-11(25(21,22)23)6-9-5-10(24(18,19)20)2-3-12(9)13/h2-3,5-7H,4H2,1H3,(H,15,17)(H,18,19,20)(H,21,22,23). The largest absolute Gasteiger partial charge is 0.325 e. The molecule has 2 rings (SSSR count). The number of Topliss-reactive ketones (excluding diaryl/α,β-unsaturated/α-hetero) is 1. The van der Waals surface area contributed by atoms with Gasteiger partial charge in [-0.15, -0.1) is 0 Å². The Morgan fingerprint density at radius 1 is 0.960 bits per heavy atom. The Balaban J connectivity index is 2.70. The van der Waals surface area contributed by atoms with Crippen molar-refractivity contribution in [3.63, 3.8) is 0 Å². The zero-order valence-corrected chi connectivity index (χ0v) is 14.4. The lowest BCUT2D eigenvalue weighted by Crippen LogP contribution is -2.15. The van der Waals surface area contributed by atoms with E-state index >= 15 is 0 Å². The zero-order chi connectivity index (χ0) is 19.0. The number of carbonyl (C=O) groups excluding carboxylic acids is 2. The van der Waals surface area contributed by atoms with E-state index < -0.39 is 48.1 Å². The van der Waals surface area contributed by atoms with Gasteiger partial charge in [0.1, 0.15) is 5.78 Å². The van der Waals surface area contributed by atoms with Crippen molar-refractivity contribution in [2.75, 3.05) is 5.32 Å². The second-order valence-electron chi connectivity index (χ2n) is 5.23. The summed E-state index contributed by atoms with van der Waals surface area (Å²) in [6.45, 7) is 1.20. The van der Waals surface area contributed by atoms with Crippen molar-refractivity contribution in [1.82, 2.24) is 0 Å². The molecule has 0 radical (unpaired) electrons. The van der Waals surface area contributed by atoms with Gasteiger partial charge in [0.25, 0.3) is 20.2 Å². The van der Waals surface area contributed by atoms with Crippen molar-refractivity contribution < 1.29 is 35.5 Å². The summed E-state index contributed by atoms with van der Waals surface area (Å²) in [6.07, 6.45) is -0.444. The smallest absolute Gasteiger partial charge is 0.294 e. The van der Waals surface area contributed by atoms with Crippen LogP contribution >= 0.6 is 0 Å². The van der Waals surface area contributed by atoms with Crippen LogP contribution in [0.3, 0.4) is 0 Å². The summed E-state index contributed by atoms with van der Waals surface area (Å²) in [5.41, 5.74) is -0.0433. The molecule has 0 spiro atoms. The van der Waals surface area contributed by atoms with Gasteiger partial charge in [-0.2, -0.15) is 16.8 Å². The molecular weight excluding hydrogens is 374 g/mol. The fourth-order valence-electron chi connectivity index (χ4n) is 2.15. The summed E-state index contributed by atoms with van der Waals surface area (Å²) in [6, 6.07) is 5.25. The molecule has 3 N–H and O–H groups in total. The third-order valence-electron chi connectivity index (χ3n) is 3.18. The molecule has 0 saturated carbocycles. The minimum atomic E-state index is -4.65. The molecule has 0 bridgehead atoms. The van der Waals surface area contributed by atoms with E-state index in [-0.39, 0.29) is 16.5 Å². The van der Waals surface area contributed by atoms with Gasteiger partial charge in [0.2, 0.25) is 5.91 Å². The number of fused-ring (bicyclic) bond motifs is 1. The lowest BCUT2D eigenvalue weighted by atomic mass is 10.1. The zero-order valence-electron chi connectivity index (χ0n) is 12.8. The van der Waals surface area contributed by atoms with Gasteiger partial charge in [-0.1, -0.05) is 6.07 Å². The van der Waals surface area contributed by atoms with Gasteiger partial charge in [-0.25, -0.2) is 0 Å². The predicted octanol–water partition coefficient (Wildman–Crippen LogP) is 1.25. The SMILES string of the molecule is CC(=O)CC(=O)Nc1cc(S(=O)(=O)O)cc2cc(S(=O)(=O)O)ccc12. The normalized spacial score (nSPS) is 12.1. The molecule has 134 valence electrons. The van der Waals surface area contributed by atoms with E-state index in [1.807, 2.05) is 0 Å². The number of benzene rings is 2. The van der Waals surface area contributed by atoms with E-state index in [1.54, 1.807) is 0 Å². The number of rotatable bonds is 5. The molecule has 0 aliphatic heterocycles. The minimum absolute atomic E-state index is 0.0309. The van der Waals surface area contributed by atoms with Crippen LogP contribution in [0.15, 0.2) is 40.1 Å². The maximum Gasteiger partial charge on any atom is 0.294 e. The fourth-order valence-corrected chi connectivity index (χ4v) is 3.21. The van der Waals surface area contributed by atoms with E-state index in [4.69, 9.17) is 4.55 Å². The molecule has 2 aromatic carbocycles. The second-order valence-corrected chi connectivity index (χ2v) is 8.07.